The lowest BCUT2D eigenvalue weighted by molar-refractivity contribution is 0.155. The van der Waals surface area contributed by atoms with Gasteiger partial charge in [0.25, 0.3) is 15.9 Å². The average Bonchev–Trinajstić information content (AvgIpc) is 2.82. The van der Waals surface area contributed by atoms with Gasteiger partial charge in [-0.2, -0.15) is 0 Å². The molecule has 38 heavy (non-hydrogen) atoms. The number of hydrogen-bond donors (Lipinski definition) is 3. The Morgan fingerprint density at radius 2 is 1.92 bits per heavy atom. The number of rotatable bonds is 14. The van der Waals surface area contributed by atoms with Gasteiger partial charge < -0.3 is 25.0 Å². The molecule has 0 saturated heterocycles. The third-order valence-corrected chi connectivity index (χ3v) is 10.8. The summed E-state index contributed by atoms with van der Waals surface area (Å²) >= 11 is 19.7. The van der Waals surface area contributed by atoms with Gasteiger partial charge >= 0.3 is 6.09 Å². The molecule has 0 aliphatic rings. The Labute approximate surface area is 241 Å². The van der Waals surface area contributed by atoms with Crippen LogP contribution in [0.3, 0.4) is 0 Å². The van der Waals surface area contributed by atoms with Gasteiger partial charge in [-0.25, -0.2) is 27.5 Å². The number of carboxylic acid groups (broad SMARTS) is 1. The molecule has 0 fully saturated rings. The van der Waals surface area contributed by atoms with Gasteiger partial charge in [0, 0.05) is 20.4 Å². The molecule has 0 saturated carbocycles. The van der Waals surface area contributed by atoms with Gasteiger partial charge in [-0.05, 0) is 18.2 Å². The van der Waals surface area contributed by atoms with E-state index in [2.05, 4.69) is 34.9 Å². The topological polar surface area (TPSA) is 151 Å². The van der Waals surface area contributed by atoms with E-state index in [-0.39, 0.29) is 42.6 Å². The first-order valence-electron chi connectivity index (χ1n) is 11.1. The van der Waals surface area contributed by atoms with Crippen molar-refractivity contribution in [1.29, 1.82) is 0 Å². The van der Waals surface area contributed by atoms with Crippen molar-refractivity contribution in [3.8, 4) is 5.88 Å². The van der Waals surface area contributed by atoms with Gasteiger partial charge in [0.2, 0.25) is 5.82 Å². The Kier molecular flexibility index (Phi) is 12.2. The predicted octanol–water partition coefficient (Wildman–Crippen LogP) is 4.67. The summed E-state index contributed by atoms with van der Waals surface area (Å²) in [5, 5.41) is 20.3. The van der Waals surface area contributed by atoms with E-state index in [0.29, 0.717) is 6.61 Å². The predicted molar refractivity (Wildman–Crippen MR) is 151 cm³/mol. The Balaban J connectivity index is 2.50. The van der Waals surface area contributed by atoms with Crippen molar-refractivity contribution >= 4 is 76.6 Å². The molecule has 1 aromatic heterocycles. The average molecular weight is 648 g/mol. The molecular weight excluding hydrogens is 619 g/mol. The fraction of sp³-hybridized carbons (Fsp3) is 0.476. The summed E-state index contributed by atoms with van der Waals surface area (Å²) in [7, 11) is -4.57. The number of ether oxygens (including phenoxy) is 2. The molecule has 1 atom stereocenters. The first kappa shape index (κ1) is 32.7. The maximum atomic E-state index is 13.8. The molecule has 0 radical (unpaired) electrons. The van der Waals surface area contributed by atoms with Gasteiger partial charge in [0.15, 0.2) is 5.15 Å². The van der Waals surface area contributed by atoms with E-state index in [4.69, 9.17) is 49.4 Å². The van der Waals surface area contributed by atoms with Crippen LogP contribution in [0.1, 0.15) is 0 Å². The zero-order chi connectivity index (χ0) is 28.7. The Bertz CT molecular complexity index is 1240. The minimum atomic E-state index is -4.38. The minimum absolute atomic E-state index is 0.0450. The SMILES string of the molecule is COc1nc(SC[C@@H](CO)NC(=O)O)c(Cl)nc1N(COCC[Si](C)(C)C)S(=O)(=O)c1cccc(Cl)c1Cl. The highest BCUT2D eigenvalue weighted by Gasteiger charge is 2.33. The zero-order valence-corrected chi connectivity index (χ0v) is 26.0. The Morgan fingerprint density at radius 1 is 1.24 bits per heavy atom. The molecule has 1 heterocycles. The molecule has 17 heteroatoms. The Hall–Kier alpha value is -1.52. The number of halogens is 3. The van der Waals surface area contributed by atoms with Crippen LogP contribution in [0.15, 0.2) is 28.1 Å². The maximum absolute atomic E-state index is 13.8. The van der Waals surface area contributed by atoms with Crippen molar-refractivity contribution in [2.75, 3.05) is 37.1 Å². The number of benzene rings is 1. The van der Waals surface area contributed by atoms with Crippen molar-refractivity contribution in [3.63, 3.8) is 0 Å². The van der Waals surface area contributed by atoms with Crippen LogP contribution in [0.25, 0.3) is 0 Å². The maximum Gasteiger partial charge on any atom is 0.404 e. The molecule has 0 spiro atoms. The molecule has 2 aromatic rings. The summed E-state index contributed by atoms with van der Waals surface area (Å²) in [6, 6.07) is 4.19. The van der Waals surface area contributed by atoms with E-state index in [1.54, 1.807) is 0 Å². The second-order valence-electron chi connectivity index (χ2n) is 9.05. The van der Waals surface area contributed by atoms with E-state index in [1.165, 1.54) is 25.3 Å². The lowest BCUT2D eigenvalue weighted by Gasteiger charge is -2.26. The number of hydrogen-bond acceptors (Lipinski definition) is 9. The summed E-state index contributed by atoms with van der Waals surface area (Å²) in [6.45, 7) is 5.90. The molecule has 0 unspecified atom stereocenters. The molecule has 1 aromatic carbocycles. The van der Waals surface area contributed by atoms with Crippen LogP contribution in [0.2, 0.25) is 40.9 Å². The van der Waals surface area contributed by atoms with E-state index in [1.807, 2.05) is 0 Å². The highest BCUT2D eigenvalue weighted by molar-refractivity contribution is 7.99. The lowest BCUT2D eigenvalue weighted by atomic mass is 10.4. The number of sulfonamides is 1. The number of aliphatic hydroxyl groups excluding tert-OH is 1. The van der Waals surface area contributed by atoms with Gasteiger partial charge in [0.1, 0.15) is 16.7 Å². The summed E-state index contributed by atoms with van der Waals surface area (Å²) in [6.07, 6.45) is -1.30. The van der Waals surface area contributed by atoms with Crippen LogP contribution in [0, 0.1) is 0 Å². The van der Waals surface area contributed by atoms with Crippen LogP contribution in [0.4, 0.5) is 10.6 Å². The largest absolute Gasteiger partial charge is 0.478 e. The van der Waals surface area contributed by atoms with Crippen LogP contribution in [0.5, 0.6) is 5.88 Å². The van der Waals surface area contributed by atoms with Gasteiger partial charge in [-0.1, -0.05) is 60.5 Å². The quantitative estimate of drug-likeness (QED) is 0.114. The number of aromatic nitrogens is 2. The van der Waals surface area contributed by atoms with Gasteiger partial charge in [-0.3, -0.25) is 0 Å². The van der Waals surface area contributed by atoms with Crippen molar-refractivity contribution in [3.05, 3.63) is 33.4 Å². The second kappa shape index (κ2) is 14.2. The normalized spacial score (nSPS) is 12.7. The molecular formula is C21H29Cl3N4O7S2Si. The van der Waals surface area contributed by atoms with Crippen LogP contribution in [-0.4, -0.2) is 81.6 Å². The molecule has 0 aliphatic heterocycles. The third-order valence-electron chi connectivity index (χ3n) is 4.86. The van der Waals surface area contributed by atoms with Crippen LogP contribution in [-0.2, 0) is 14.8 Å². The third kappa shape index (κ3) is 9.01. The molecule has 212 valence electrons. The number of methoxy groups -OCH3 is 1. The number of nitrogens with zero attached hydrogens (tertiary/aromatic N) is 3. The second-order valence-corrected chi connectivity index (χ2v) is 18.6. The standard InChI is InChI=1S/C21H29Cl3N4O7S2Si/c1-34-19-18(26-17(24)20(27-19)36-11-13(10-29)25-21(30)31)28(12-35-8-9-38(2,3)4)37(32,33)15-7-5-6-14(22)16(15)23/h5-7,13,25,29H,8-12H2,1-4H3,(H,30,31)/t13-/m1/s1. The van der Waals surface area contributed by atoms with Crippen molar-refractivity contribution in [1.82, 2.24) is 15.3 Å². The summed E-state index contributed by atoms with van der Waals surface area (Å²) in [4.78, 5) is 19.1. The fourth-order valence-electron chi connectivity index (χ4n) is 2.83. The van der Waals surface area contributed by atoms with Gasteiger partial charge in [0.05, 0.1) is 29.8 Å². The Morgan fingerprint density at radius 3 is 2.50 bits per heavy atom. The first-order chi connectivity index (χ1) is 17.7. The number of thioether (sulfide) groups is 1. The van der Waals surface area contributed by atoms with Crippen LogP contribution < -0.4 is 14.4 Å². The molecule has 3 N–H and O–H groups in total. The first-order valence-corrected chi connectivity index (χ1v) is 18.4. The summed E-state index contributed by atoms with van der Waals surface area (Å²) < 4.78 is 39.5. The highest BCUT2D eigenvalue weighted by Crippen LogP contribution is 2.37. The van der Waals surface area contributed by atoms with Crippen molar-refractivity contribution in [2.45, 2.75) is 41.6 Å². The van der Waals surface area contributed by atoms with E-state index >= 15 is 0 Å². The fourth-order valence-corrected chi connectivity index (χ4v) is 6.77. The number of nitrogens with one attached hydrogen (secondary N) is 1. The highest BCUT2D eigenvalue weighted by atomic mass is 35.5. The van der Waals surface area contributed by atoms with Gasteiger partial charge in [-0.15, -0.1) is 11.8 Å². The molecule has 2 rings (SSSR count). The van der Waals surface area contributed by atoms with E-state index in [9.17, 15) is 18.3 Å². The van der Waals surface area contributed by atoms with Crippen molar-refractivity contribution in [2.24, 2.45) is 0 Å². The van der Waals surface area contributed by atoms with E-state index in [0.717, 1.165) is 22.1 Å². The van der Waals surface area contributed by atoms with E-state index < -0.39 is 43.6 Å². The lowest BCUT2D eigenvalue weighted by Crippen LogP contribution is -2.38. The number of amides is 1. The molecule has 1 amide bonds. The van der Waals surface area contributed by atoms with Crippen molar-refractivity contribution < 1.29 is 32.9 Å². The van der Waals surface area contributed by atoms with Crippen LogP contribution >= 0.6 is 46.6 Å². The number of anilines is 1. The minimum Gasteiger partial charge on any atom is -0.478 e. The zero-order valence-electron chi connectivity index (χ0n) is 21.1. The molecule has 0 aliphatic carbocycles. The summed E-state index contributed by atoms with van der Waals surface area (Å²) in [5.41, 5.74) is 0. The number of aliphatic hydroxyl groups is 1. The monoisotopic (exact) mass is 646 g/mol. The summed E-state index contributed by atoms with van der Waals surface area (Å²) in [5.74, 6) is -0.355. The number of carbonyl (C=O) groups is 1. The smallest absolute Gasteiger partial charge is 0.404 e. The molecule has 0 bridgehead atoms. The molecule has 11 nitrogen and oxygen atoms in total.